The minimum absolute atomic E-state index is 0.0109. The summed E-state index contributed by atoms with van der Waals surface area (Å²) in [5.41, 5.74) is 0.538. The molecule has 0 atom stereocenters. The number of aliphatic hydroxyl groups is 1. The zero-order valence-electron chi connectivity index (χ0n) is 11.9. The number of ether oxygens (including phenoxy) is 1. The molecule has 0 heterocycles. The molecule has 0 aliphatic carbocycles. The van der Waals surface area contributed by atoms with Crippen molar-refractivity contribution in [2.75, 3.05) is 19.8 Å². The zero-order chi connectivity index (χ0) is 15.9. The van der Waals surface area contributed by atoms with Gasteiger partial charge in [0, 0.05) is 12.1 Å². The van der Waals surface area contributed by atoms with Crippen LogP contribution in [0.1, 0.15) is 19.4 Å². The second kappa shape index (κ2) is 8.37. The topological polar surface area (TPSA) is 75.6 Å². The van der Waals surface area contributed by atoms with Crippen molar-refractivity contribution in [2.45, 2.75) is 24.8 Å². The molecule has 0 aliphatic heterocycles. The fourth-order valence-corrected chi connectivity index (χ4v) is 3.04. The summed E-state index contributed by atoms with van der Waals surface area (Å²) in [6.45, 7) is 3.93. The van der Waals surface area contributed by atoms with E-state index in [9.17, 15) is 8.42 Å². The number of hydrogen-bond donors (Lipinski definition) is 2. The Morgan fingerprint density at radius 1 is 1.43 bits per heavy atom. The Labute approximate surface area is 130 Å². The van der Waals surface area contributed by atoms with E-state index in [1.165, 1.54) is 18.2 Å². The highest BCUT2D eigenvalue weighted by atomic mass is 35.5. The summed E-state index contributed by atoms with van der Waals surface area (Å²) in [6, 6.07) is 4.37. The van der Waals surface area contributed by atoms with E-state index in [0.29, 0.717) is 5.56 Å². The molecule has 0 unspecified atom stereocenters. The van der Waals surface area contributed by atoms with Gasteiger partial charge in [-0.05, 0) is 32.0 Å². The molecule has 0 amide bonds. The second-order valence-corrected chi connectivity index (χ2v) is 6.56. The van der Waals surface area contributed by atoms with Gasteiger partial charge in [-0.25, -0.2) is 13.1 Å². The molecule has 21 heavy (non-hydrogen) atoms. The smallest absolute Gasteiger partial charge is 0.242 e. The van der Waals surface area contributed by atoms with Gasteiger partial charge in [-0.1, -0.05) is 23.4 Å². The van der Waals surface area contributed by atoms with E-state index in [0.717, 1.165) is 0 Å². The summed E-state index contributed by atoms with van der Waals surface area (Å²) >= 11 is 5.98. The highest BCUT2D eigenvalue weighted by Crippen LogP contribution is 2.22. The minimum atomic E-state index is -3.69. The maximum Gasteiger partial charge on any atom is 0.242 e. The van der Waals surface area contributed by atoms with Crippen molar-refractivity contribution in [2.24, 2.45) is 0 Å². The predicted octanol–water partition coefficient (Wildman–Crippen LogP) is 1.39. The van der Waals surface area contributed by atoms with Gasteiger partial charge in [-0.15, -0.1) is 0 Å². The van der Waals surface area contributed by atoms with Gasteiger partial charge in [0.1, 0.15) is 11.5 Å². The molecular weight excluding hydrogens is 314 g/mol. The fourth-order valence-electron chi connectivity index (χ4n) is 1.49. The first-order valence-corrected chi connectivity index (χ1v) is 8.23. The number of rotatable bonds is 6. The average molecular weight is 332 g/mol. The Hall–Kier alpha value is -1.10. The fraction of sp³-hybridized carbons (Fsp3) is 0.429. The lowest BCUT2D eigenvalue weighted by molar-refractivity contribution is 0.0834. The Kier molecular flexibility index (Phi) is 7.15. The van der Waals surface area contributed by atoms with Crippen LogP contribution in [0.2, 0.25) is 5.02 Å². The van der Waals surface area contributed by atoms with Crippen LogP contribution in [0.5, 0.6) is 0 Å². The van der Waals surface area contributed by atoms with Crippen molar-refractivity contribution in [3.8, 4) is 11.8 Å². The molecule has 0 fully saturated rings. The van der Waals surface area contributed by atoms with Gasteiger partial charge in [-0.2, -0.15) is 0 Å². The number of benzene rings is 1. The number of halogens is 1. The number of hydrogen-bond acceptors (Lipinski definition) is 4. The van der Waals surface area contributed by atoms with Gasteiger partial charge < -0.3 is 9.84 Å². The highest BCUT2D eigenvalue weighted by Gasteiger charge is 2.17. The second-order valence-electron chi connectivity index (χ2n) is 4.42. The van der Waals surface area contributed by atoms with Crippen molar-refractivity contribution in [1.29, 1.82) is 0 Å². The van der Waals surface area contributed by atoms with Crippen LogP contribution in [-0.2, 0) is 14.8 Å². The van der Waals surface area contributed by atoms with Crippen LogP contribution in [0.15, 0.2) is 23.1 Å². The van der Waals surface area contributed by atoms with Gasteiger partial charge in [-0.3, -0.25) is 0 Å². The summed E-state index contributed by atoms with van der Waals surface area (Å²) in [6.07, 6.45) is 0.0440. The number of nitrogens with one attached hydrogen (secondary N) is 1. The average Bonchev–Trinajstić information content (AvgIpc) is 2.41. The maximum absolute atomic E-state index is 12.1. The molecule has 0 saturated carbocycles. The van der Waals surface area contributed by atoms with Gasteiger partial charge in [0.2, 0.25) is 10.0 Å². The zero-order valence-corrected chi connectivity index (χ0v) is 13.5. The lowest BCUT2D eigenvalue weighted by atomic mass is 10.2. The molecule has 0 saturated heterocycles. The summed E-state index contributed by atoms with van der Waals surface area (Å²) in [7, 11) is -3.69. The van der Waals surface area contributed by atoms with Crippen molar-refractivity contribution in [3.63, 3.8) is 0 Å². The van der Waals surface area contributed by atoms with Crippen LogP contribution < -0.4 is 4.72 Å². The number of sulfonamides is 1. The SMILES string of the molecule is CC(C)OCCNS(=O)(=O)c1ccc(C#CCO)cc1Cl. The third kappa shape index (κ3) is 6.04. The van der Waals surface area contributed by atoms with Crippen LogP contribution in [0.4, 0.5) is 0 Å². The molecular formula is C14H18ClNO4S. The molecule has 0 aromatic heterocycles. The molecule has 0 aliphatic rings. The number of aliphatic hydroxyl groups excluding tert-OH is 1. The third-order valence-electron chi connectivity index (χ3n) is 2.38. The predicted molar refractivity (Wildman–Crippen MR) is 81.7 cm³/mol. The van der Waals surface area contributed by atoms with Crippen LogP contribution in [-0.4, -0.2) is 39.4 Å². The van der Waals surface area contributed by atoms with E-state index >= 15 is 0 Å². The normalized spacial score (nSPS) is 11.3. The summed E-state index contributed by atoms with van der Waals surface area (Å²) in [4.78, 5) is -0.0109. The minimum Gasteiger partial charge on any atom is -0.384 e. The molecule has 7 heteroatoms. The van der Waals surface area contributed by atoms with E-state index in [1.54, 1.807) is 0 Å². The monoisotopic (exact) mass is 331 g/mol. The van der Waals surface area contributed by atoms with E-state index in [2.05, 4.69) is 16.6 Å². The van der Waals surface area contributed by atoms with Crippen molar-refractivity contribution in [3.05, 3.63) is 28.8 Å². The Balaban J connectivity index is 2.79. The van der Waals surface area contributed by atoms with Crippen LogP contribution in [0.25, 0.3) is 0 Å². The van der Waals surface area contributed by atoms with Crippen LogP contribution >= 0.6 is 11.6 Å². The van der Waals surface area contributed by atoms with Crippen molar-refractivity contribution in [1.82, 2.24) is 4.72 Å². The molecule has 116 valence electrons. The highest BCUT2D eigenvalue weighted by molar-refractivity contribution is 7.89. The Bertz CT molecular complexity index is 632. The van der Waals surface area contributed by atoms with Crippen LogP contribution in [0, 0.1) is 11.8 Å². The van der Waals surface area contributed by atoms with E-state index in [4.69, 9.17) is 21.4 Å². The van der Waals surface area contributed by atoms with Gasteiger partial charge >= 0.3 is 0 Å². The van der Waals surface area contributed by atoms with Crippen molar-refractivity contribution < 1.29 is 18.3 Å². The molecule has 1 aromatic rings. The standard InChI is InChI=1S/C14H18ClNO4S/c1-11(2)20-9-7-16-21(18,19)14-6-5-12(4-3-8-17)10-13(14)15/h5-6,10-11,16-17H,7-9H2,1-2H3. The molecule has 5 nitrogen and oxygen atoms in total. The lowest BCUT2D eigenvalue weighted by Gasteiger charge is -2.10. The first-order valence-electron chi connectivity index (χ1n) is 6.37. The summed E-state index contributed by atoms with van der Waals surface area (Å²) in [5, 5.41) is 8.70. The van der Waals surface area contributed by atoms with Gasteiger partial charge in [0.15, 0.2) is 0 Å². The third-order valence-corrected chi connectivity index (χ3v) is 4.32. The van der Waals surface area contributed by atoms with E-state index < -0.39 is 10.0 Å². The van der Waals surface area contributed by atoms with E-state index in [1.807, 2.05) is 13.8 Å². The van der Waals surface area contributed by atoms with E-state index in [-0.39, 0.29) is 35.8 Å². The van der Waals surface area contributed by atoms with Gasteiger partial charge in [0.25, 0.3) is 0 Å². The van der Waals surface area contributed by atoms with Gasteiger partial charge in [0.05, 0.1) is 17.7 Å². The quantitative estimate of drug-likeness (QED) is 0.610. The lowest BCUT2D eigenvalue weighted by Crippen LogP contribution is -2.28. The summed E-state index contributed by atoms with van der Waals surface area (Å²) in [5.74, 6) is 5.13. The molecule has 2 N–H and O–H groups in total. The largest absolute Gasteiger partial charge is 0.384 e. The molecule has 0 spiro atoms. The van der Waals surface area contributed by atoms with Crippen LogP contribution in [0.3, 0.4) is 0 Å². The van der Waals surface area contributed by atoms with Crippen molar-refractivity contribution >= 4 is 21.6 Å². The Morgan fingerprint density at radius 2 is 2.14 bits per heavy atom. The Morgan fingerprint density at radius 3 is 2.71 bits per heavy atom. The molecule has 1 aromatic carbocycles. The molecule has 0 radical (unpaired) electrons. The first kappa shape index (κ1) is 18.0. The molecule has 0 bridgehead atoms. The maximum atomic E-state index is 12.1. The summed E-state index contributed by atoms with van der Waals surface area (Å²) < 4.78 is 31.9. The first-order chi connectivity index (χ1) is 9.86. The molecule has 1 rings (SSSR count).